The van der Waals surface area contributed by atoms with Crippen LogP contribution in [-0.2, 0) is 0 Å². The number of pyridine rings is 1. The highest BCUT2D eigenvalue weighted by Crippen LogP contribution is 2.34. The monoisotopic (exact) mass is 269 g/mol. The highest BCUT2D eigenvalue weighted by molar-refractivity contribution is 5.71. The van der Waals surface area contributed by atoms with Gasteiger partial charge in [-0.1, -0.05) is 6.07 Å². The molecule has 0 atom stereocenters. The smallest absolute Gasteiger partial charge is 0.135 e. The van der Waals surface area contributed by atoms with Gasteiger partial charge in [0.05, 0.1) is 11.9 Å². The Morgan fingerprint density at radius 3 is 1.95 bits per heavy atom. The van der Waals surface area contributed by atoms with E-state index in [9.17, 15) is 0 Å². The summed E-state index contributed by atoms with van der Waals surface area (Å²) in [6, 6.07) is 4.21. The van der Waals surface area contributed by atoms with E-state index >= 15 is 0 Å². The van der Waals surface area contributed by atoms with Crippen LogP contribution in [0.4, 0.5) is 17.2 Å². The fourth-order valence-corrected chi connectivity index (χ4v) is 2.75. The zero-order chi connectivity index (χ0) is 15.0. The molecule has 0 unspecified atom stereocenters. The van der Waals surface area contributed by atoms with Crippen molar-refractivity contribution in [2.75, 3.05) is 17.7 Å². The third-order valence-corrected chi connectivity index (χ3v) is 4.05. The lowest BCUT2D eigenvalue weighted by Crippen LogP contribution is -2.16. The van der Waals surface area contributed by atoms with E-state index in [1.165, 1.54) is 27.9 Å². The van der Waals surface area contributed by atoms with E-state index in [1.54, 1.807) is 6.20 Å². The normalized spacial score (nSPS) is 10.7. The van der Waals surface area contributed by atoms with Gasteiger partial charge in [-0.05, 0) is 68.5 Å². The summed E-state index contributed by atoms with van der Waals surface area (Å²) >= 11 is 0. The number of rotatable bonds is 2. The first-order valence-electron chi connectivity index (χ1n) is 6.86. The zero-order valence-corrected chi connectivity index (χ0v) is 13.2. The molecule has 3 nitrogen and oxygen atoms in total. The molecule has 0 fully saturated rings. The average Bonchev–Trinajstić information content (AvgIpc) is 2.36. The van der Waals surface area contributed by atoms with Gasteiger partial charge in [0, 0.05) is 12.7 Å². The maximum absolute atomic E-state index is 5.79. The van der Waals surface area contributed by atoms with E-state index in [-0.39, 0.29) is 0 Å². The molecule has 0 radical (unpaired) electrons. The van der Waals surface area contributed by atoms with Crippen molar-refractivity contribution in [2.45, 2.75) is 34.6 Å². The Morgan fingerprint density at radius 1 is 0.900 bits per heavy atom. The van der Waals surface area contributed by atoms with Crippen molar-refractivity contribution in [3.63, 3.8) is 0 Å². The molecular formula is C17H23N3. The second kappa shape index (κ2) is 5.16. The third kappa shape index (κ3) is 2.36. The van der Waals surface area contributed by atoms with Crippen LogP contribution in [0, 0.1) is 34.6 Å². The summed E-state index contributed by atoms with van der Waals surface area (Å²) in [5.74, 6) is 0.954. The molecule has 1 heterocycles. The van der Waals surface area contributed by atoms with E-state index in [2.05, 4.69) is 50.7 Å². The van der Waals surface area contributed by atoms with Crippen LogP contribution in [0.1, 0.15) is 27.8 Å². The second-order valence-corrected chi connectivity index (χ2v) is 5.58. The van der Waals surface area contributed by atoms with Gasteiger partial charge < -0.3 is 10.6 Å². The maximum Gasteiger partial charge on any atom is 0.135 e. The highest BCUT2D eigenvalue weighted by Gasteiger charge is 2.16. The number of aryl methyl sites for hydroxylation is 3. The standard InChI is InChI=1S/C17H23N3/c1-10-7-11(2)14(5)16(13(10)4)20(6)17-12(3)8-15(18)9-19-17/h7-9H,18H2,1-6H3. The molecule has 0 aliphatic heterocycles. The molecule has 0 bridgehead atoms. The summed E-state index contributed by atoms with van der Waals surface area (Å²) < 4.78 is 0. The Balaban J connectivity index is 2.62. The van der Waals surface area contributed by atoms with Gasteiger partial charge in [0.2, 0.25) is 0 Å². The molecule has 0 spiro atoms. The Kier molecular flexibility index (Phi) is 3.71. The van der Waals surface area contributed by atoms with E-state index in [0.717, 1.165) is 11.4 Å². The van der Waals surface area contributed by atoms with Crippen molar-refractivity contribution in [1.82, 2.24) is 4.98 Å². The summed E-state index contributed by atoms with van der Waals surface area (Å²) in [6.45, 7) is 10.7. The SMILES string of the molecule is Cc1cc(N)cnc1N(C)c1c(C)c(C)cc(C)c1C. The fraction of sp³-hybridized carbons (Fsp3) is 0.353. The summed E-state index contributed by atoms with van der Waals surface area (Å²) in [6.07, 6.45) is 1.71. The highest BCUT2D eigenvalue weighted by atomic mass is 15.2. The topological polar surface area (TPSA) is 42.1 Å². The first kappa shape index (κ1) is 14.4. The van der Waals surface area contributed by atoms with Gasteiger partial charge >= 0.3 is 0 Å². The molecule has 1 aromatic carbocycles. The number of anilines is 3. The van der Waals surface area contributed by atoms with Crippen molar-refractivity contribution < 1.29 is 0 Å². The molecule has 3 heteroatoms. The molecule has 0 aliphatic carbocycles. The average molecular weight is 269 g/mol. The van der Waals surface area contributed by atoms with Crippen LogP contribution in [0.3, 0.4) is 0 Å². The molecule has 2 N–H and O–H groups in total. The summed E-state index contributed by atoms with van der Waals surface area (Å²) in [5, 5.41) is 0. The van der Waals surface area contributed by atoms with Gasteiger partial charge in [-0.25, -0.2) is 4.98 Å². The number of aromatic nitrogens is 1. The zero-order valence-electron chi connectivity index (χ0n) is 13.2. The van der Waals surface area contributed by atoms with Crippen LogP contribution < -0.4 is 10.6 Å². The second-order valence-electron chi connectivity index (χ2n) is 5.58. The number of hydrogen-bond donors (Lipinski definition) is 1. The number of nitrogen functional groups attached to an aromatic ring is 1. The lowest BCUT2D eigenvalue weighted by atomic mass is 9.98. The first-order valence-corrected chi connectivity index (χ1v) is 6.86. The minimum absolute atomic E-state index is 0.702. The van der Waals surface area contributed by atoms with Gasteiger partial charge in [0.1, 0.15) is 5.82 Å². The quantitative estimate of drug-likeness (QED) is 0.897. The largest absolute Gasteiger partial charge is 0.397 e. The number of nitrogens with two attached hydrogens (primary N) is 1. The van der Waals surface area contributed by atoms with Crippen LogP contribution in [-0.4, -0.2) is 12.0 Å². The molecule has 1 aromatic heterocycles. The Labute approximate surface area is 121 Å². The molecule has 2 aromatic rings. The molecule has 0 saturated carbocycles. The van der Waals surface area contributed by atoms with Crippen molar-refractivity contribution in [1.29, 1.82) is 0 Å². The van der Waals surface area contributed by atoms with Crippen LogP contribution in [0.25, 0.3) is 0 Å². The number of benzene rings is 1. The molecule has 0 amide bonds. The Morgan fingerprint density at radius 2 is 1.45 bits per heavy atom. The minimum atomic E-state index is 0.702. The number of hydrogen-bond acceptors (Lipinski definition) is 3. The Bertz CT molecular complexity index is 634. The summed E-state index contributed by atoms with van der Waals surface area (Å²) in [7, 11) is 2.07. The summed E-state index contributed by atoms with van der Waals surface area (Å²) in [4.78, 5) is 6.66. The Hall–Kier alpha value is -2.03. The molecule has 106 valence electrons. The van der Waals surface area contributed by atoms with Crippen molar-refractivity contribution >= 4 is 17.2 Å². The molecule has 0 saturated heterocycles. The van der Waals surface area contributed by atoms with Gasteiger partial charge in [0.25, 0.3) is 0 Å². The first-order chi connectivity index (χ1) is 9.32. The van der Waals surface area contributed by atoms with E-state index < -0.39 is 0 Å². The van der Waals surface area contributed by atoms with E-state index in [4.69, 9.17) is 5.73 Å². The van der Waals surface area contributed by atoms with Crippen LogP contribution in [0.2, 0.25) is 0 Å². The predicted molar refractivity (Wildman–Crippen MR) is 86.8 cm³/mol. The molecule has 20 heavy (non-hydrogen) atoms. The maximum atomic E-state index is 5.79. The molecule has 2 rings (SSSR count). The van der Waals surface area contributed by atoms with Crippen molar-refractivity contribution in [2.24, 2.45) is 0 Å². The van der Waals surface area contributed by atoms with Crippen molar-refractivity contribution in [3.8, 4) is 0 Å². The van der Waals surface area contributed by atoms with Crippen LogP contribution in [0.5, 0.6) is 0 Å². The van der Waals surface area contributed by atoms with E-state index in [0.29, 0.717) is 5.69 Å². The lowest BCUT2D eigenvalue weighted by molar-refractivity contribution is 1.07. The van der Waals surface area contributed by atoms with Crippen LogP contribution >= 0.6 is 0 Å². The van der Waals surface area contributed by atoms with Gasteiger partial charge in [-0.3, -0.25) is 0 Å². The molecule has 0 aliphatic rings. The summed E-state index contributed by atoms with van der Waals surface area (Å²) in [5.41, 5.74) is 14.0. The lowest BCUT2D eigenvalue weighted by Gasteiger charge is -2.26. The van der Waals surface area contributed by atoms with Gasteiger partial charge in [-0.2, -0.15) is 0 Å². The van der Waals surface area contributed by atoms with Crippen LogP contribution in [0.15, 0.2) is 18.3 Å². The third-order valence-electron chi connectivity index (χ3n) is 4.05. The molecular weight excluding hydrogens is 246 g/mol. The van der Waals surface area contributed by atoms with Gasteiger partial charge in [0.15, 0.2) is 0 Å². The van der Waals surface area contributed by atoms with Crippen molar-refractivity contribution in [3.05, 3.63) is 46.1 Å². The predicted octanol–water partition coefficient (Wildman–Crippen LogP) is 3.97. The fourth-order valence-electron chi connectivity index (χ4n) is 2.75. The minimum Gasteiger partial charge on any atom is -0.397 e. The van der Waals surface area contributed by atoms with Gasteiger partial charge in [-0.15, -0.1) is 0 Å². The van der Waals surface area contributed by atoms with E-state index in [1.807, 2.05) is 13.0 Å². The number of nitrogens with zero attached hydrogens (tertiary/aromatic N) is 2.